The molecule has 2 heteroatoms. The van der Waals surface area contributed by atoms with Crippen LogP contribution in [0.4, 0.5) is 0 Å². The molecule has 2 atom stereocenters. The normalized spacial score (nSPS) is 50.6. The van der Waals surface area contributed by atoms with Crippen LogP contribution in [0.15, 0.2) is 18.2 Å². The zero-order valence-electron chi connectivity index (χ0n) is 19.9. The standard InChI is InChI=1S/C30H40O2/c1-18(28-17-31-28)32-27-9-25(29-11-19-2-20(12-29)4-21(3-19)13-29)8-26(10-27)30-14-22-5-23(15-30)7-24(6-22)16-30/h8-10,18-24,28H,2-7,11-17H2,1H3. The van der Waals surface area contributed by atoms with Crippen molar-refractivity contribution in [2.24, 2.45) is 35.5 Å². The molecule has 0 amide bonds. The van der Waals surface area contributed by atoms with Gasteiger partial charge >= 0.3 is 0 Å². The second-order valence-corrected chi connectivity index (χ2v) is 13.8. The van der Waals surface area contributed by atoms with Crippen molar-refractivity contribution in [2.75, 3.05) is 6.61 Å². The van der Waals surface area contributed by atoms with Crippen LogP contribution < -0.4 is 4.74 Å². The first-order valence-electron chi connectivity index (χ1n) is 14.0. The van der Waals surface area contributed by atoms with E-state index in [0.717, 1.165) is 47.9 Å². The van der Waals surface area contributed by atoms with E-state index in [0.29, 0.717) is 16.9 Å². The Balaban J connectivity index is 1.22. The Hall–Kier alpha value is -1.02. The van der Waals surface area contributed by atoms with Crippen molar-refractivity contribution in [1.82, 2.24) is 0 Å². The molecule has 8 saturated carbocycles. The molecule has 1 saturated heterocycles. The van der Waals surface area contributed by atoms with Gasteiger partial charge in [0, 0.05) is 0 Å². The fraction of sp³-hybridized carbons (Fsp3) is 0.800. The lowest BCUT2D eigenvalue weighted by molar-refractivity contribution is -0.00865. The zero-order valence-corrected chi connectivity index (χ0v) is 19.9. The molecule has 1 aromatic carbocycles. The Bertz CT molecular complexity index is 794. The third kappa shape index (κ3) is 2.93. The third-order valence-electron chi connectivity index (χ3n) is 11.4. The summed E-state index contributed by atoms with van der Waals surface area (Å²) < 4.78 is 12.2. The van der Waals surface area contributed by atoms with Gasteiger partial charge in [0.15, 0.2) is 0 Å². The molecular weight excluding hydrogens is 392 g/mol. The lowest BCUT2D eigenvalue weighted by atomic mass is 9.46. The summed E-state index contributed by atoms with van der Waals surface area (Å²) in [6.07, 6.45) is 18.3. The van der Waals surface area contributed by atoms with Crippen LogP contribution in [0.25, 0.3) is 0 Å². The lowest BCUT2D eigenvalue weighted by Gasteiger charge is -2.58. The second-order valence-electron chi connectivity index (χ2n) is 13.8. The summed E-state index contributed by atoms with van der Waals surface area (Å²) in [4.78, 5) is 0. The maximum absolute atomic E-state index is 6.62. The van der Waals surface area contributed by atoms with E-state index in [1.165, 1.54) is 77.0 Å². The van der Waals surface area contributed by atoms with Gasteiger partial charge in [0.25, 0.3) is 0 Å². The van der Waals surface area contributed by atoms with Crippen LogP contribution >= 0.6 is 0 Å². The highest BCUT2D eigenvalue weighted by Crippen LogP contribution is 2.63. The van der Waals surface area contributed by atoms with Crippen molar-refractivity contribution in [3.05, 3.63) is 29.3 Å². The van der Waals surface area contributed by atoms with E-state index in [1.807, 2.05) is 0 Å². The summed E-state index contributed by atoms with van der Waals surface area (Å²) >= 11 is 0. The van der Waals surface area contributed by atoms with E-state index in [4.69, 9.17) is 9.47 Å². The SMILES string of the molecule is CC(Oc1cc(C23CC4CC(CC(C4)C2)C3)cc(C23CC4CC(CC(C4)C2)C3)c1)C1CO1. The van der Waals surface area contributed by atoms with Gasteiger partial charge in [0.1, 0.15) is 18.0 Å². The Morgan fingerprint density at radius 1 is 0.688 bits per heavy atom. The first kappa shape index (κ1) is 19.3. The predicted octanol–water partition coefficient (Wildman–Crippen LogP) is 6.79. The minimum absolute atomic E-state index is 0.172. The third-order valence-corrected chi connectivity index (χ3v) is 11.4. The maximum atomic E-state index is 6.62. The minimum Gasteiger partial charge on any atom is -0.488 e. The zero-order chi connectivity index (χ0) is 21.1. The quantitative estimate of drug-likeness (QED) is 0.478. The first-order valence-corrected chi connectivity index (χ1v) is 14.0. The summed E-state index contributed by atoms with van der Waals surface area (Å²) in [5.41, 5.74) is 4.24. The molecule has 8 bridgehead atoms. The van der Waals surface area contributed by atoms with Crippen LogP contribution in [0.2, 0.25) is 0 Å². The van der Waals surface area contributed by atoms with Gasteiger partial charge in [-0.3, -0.25) is 0 Å². The number of hydrogen-bond acceptors (Lipinski definition) is 2. The van der Waals surface area contributed by atoms with E-state index in [-0.39, 0.29) is 6.10 Å². The van der Waals surface area contributed by atoms with E-state index in [1.54, 1.807) is 11.1 Å². The molecule has 0 radical (unpaired) electrons. The molecule has 1 aliphatic heterocycles. The van der Waals surface area contributed by atoms with Crippen molar-refractivity contribution in [2.45, 2.75) is 107 Å². The smallest absolute Gasteiger partial charge is 0.124 e. The largest absolute Gasteiger partial charge is 0.488 e. The average Bonchev–Trinajstić information content (AvgIpc) is 3.57. The number of hydrogen-bond donors (Lipinski definition) is 0. The predicted molar refractivity (Wildman–Crippen MR) is 126 cm³/mol. The Morgan fingerprint density at radius 3 is 1.41 bits per heavy atom. The van der Waals surface area contributed by atoms with Gasteiger partial charge in [-0.25, -0.2) is 0 Å². The topological polar surface area (TPSA) is 21.8 Å². The summed E-state index contributed by atoms with van der Waals surface area (Å²) in [6, 6.07) is 7.73. The summed E-state index contributed by atoms with van der Waals surface area (Å²) in [7, 11) is 0. The van der Waals surface area contributed by atoms with Gasteiger partial charge in [0.2, 0.25) is 0 Å². The molecule has 0 aromatic heterocycles. The molecule has 0 N–H and O–H groups in total. The lowest BCUT2D eigenvalue weighted by Crippen LogP contribution is -2.50. The molecule has 9 fully saturated rings. The van der Waals surface area contributed by atoms with Crippen LogP contribution in [0, 0.1) is 35.5 Å². The van der Waals surface area contributed by atoms with E-state index < -0.39 is 0 Å². The van der Waals surface area contributed by atoms with Crippen molar-refractivity contribution < 1.29 is 9.47 Å². The molecule has 8 aliphatic carbocycles. The van der Waals surface area contributed by atoms with Crippen molar-refractivity contribution in [3.63, 3.8) is 0 Å². The highest BCUT2D eigenvalue weighted by molar-refractivity contribution is 5.44. The average molecular weight is 433 g/mol. The molecule has 9 aliphatic rings. The fourth-order valence-corrected chi connectivity index (χ4v) is 10.8. The summed E-state index contributed by atoms with van der Waals surface area (Å²) in [6.45, 7) is 3.08. The van der Waals surface area contributed by atoms with Crippen molar-refractivity contribution >= 4 is 0 Å². The van der Waals surface area contributed by atoms with Gasteiger partial charge in [-0.15, -0.1) is 0 Å². The van der Waals surface area contributed by atoms with Crippen molar-refractivity contribution in [1.29, 1.82) is 0 Å². The molecule has 1 heterocycles. The molecule has 1 aromatic rings. The highest BCUT2D eigenvalue weighted by atomic mass is 16.6. The first-order chi connectivity index (χ1) is 15.5. The number of ether oxygens (including phenoxy) is 2. The number of rotatable bonds is 5. The van der Waals surface area contributed by atoms with E-state index >= 15 is 0 Å². The Morgan fingerprint density at radius 2 is 1.06 bits per heavy atom. The van der Waals surface area contributed by atoms with E-state index in [2.05, 4.69) is 25.1 Å². The Kier molecular flexibility index (Phi) is 3.95. The summed E-state index contributed by atoms with van der Waals surface area (Å²) in [5.74, 6) is 7.12. The van der Waals surface area contributed by atoms with Gasteiger partial charge < -0.3 is 9.47 Å². The van der Waals surface area contributed by atoms with Gasteiger partial charge in [-0.1, -0.05) is 6.07 Å². The molecule has 10 rings (SSSR count). The van der Waals surface area contributed by atoms with Crippen LogP contribution in [-0.4, -0.2) is 18.8 Å². The second kappa shape index (κ2) is 6.55. The Labute approximate surface area is 193 Å². The summed E-state index contributed by atoms with van der Waals surface area (Å²) in [5, 5.41) is 0. The van der Waals surface area contributed by atoms with Gasteiger partial charge in [-0.05, 0) is 154 Å². The number of epoxide rings is 1. The van der Waals surface area contributed by atoms with Crippen LogP contribution in [0.5, 0.6) is 5.75 Å². The monoisotopic (exact) mass is 432 g/mol. The minimum atomic E-state index is 0.172. The number of benzene rings is 1. The molecule has 2 nitrogen and oxygen atoms in total. The van der Waals surface area contributed by atoms with Crippen molar-refractivity contribution in [3.8, 4) is 5.75 Å². The molecule has 32 heavy (non-hydrogen) atoms. The molecule has 172 valence electrons. The van der Waals surface area contributed by atoms with Gasteiger partial charge in [0.05, 0.1) is 6.61 Å². The molecule has 2 unspecified atom stereocenters. The van der Waals surface area contributed by atoms with Crippen LogP contribution in [0.3, 0.4) is 0 Å². The van der Waals surface area contributed by atoms with Gasteiger partial charge in [-0.2, -0.15) is 0 Å². The molecular formula is C30H40O2. The highest BCUT2D eigenvalue weighted by Gasteiger charge is 2.54. The molecule has 0 spiro atoms. The van der Waals surface area contributed by atoms with E-state index in [9.17, 15) is 0 Å². The van der Waals surface area contributed by atoms with Crippen LogP contribution in [-0.2, 0) is 15.6 Å². The maximum Gasteiger partial charge on any atom is 0.124 e. The van der Waals surface area contributed by atoms with Crippen LogP contribution in [0.1, 0.15) is 95.1 Å². The fourth-order valence-electron chi connectivity index (χ4n) is 10.8.